The topological polar surface area (TPSA) is 100 Å². The Morgan fingerprint density at radius 3 is 2.74 bits per heavy atom. The first-order chi connectivity index (χ1) is 15.0. The van der Waals surface area contributed by atoms with Crippen LogP contribution < -0.4 is 16.0 Å². The number of fused-ring (bicyclic) bond motifs is 1. The largest absolute Gasteiger partial charge is 0.481 e. The number of aromatic nitrogens is 5. The van der Waals surface area contributed by atoms with E-state index in [9.17, 15) is 4.79 Å². The molecule has 4 aromatic rings. The van der Waals surface area contributed by atoms with Gasteiger partial charge in [0, 0.05) is 36.6 Å². The Kier molecular flexibility index (Phi) is 5.81. The van der Waals surface area contributed by atoms with Gasteiger partial charge in [-0.1, -0.05) is 13.8 Å². The number of pyridine rings is 2. The average molecular weight is 419 g/mol. The molecule has 0 radical (unpaired) electrons. The van der Waals surface area contributed by atoms with E-state index in [1.165, 1.54) is 0 Å². The lowest BCUT2D eigenvalue weighted by atomic mass is 10.0. The first-order valence-corrected chi connectivity index (χ1v) is 10.3. The van der Waals surface area contributed by atoms with E-state index in [1.807, 2.05) is 30.3 Å². The summed E-state index contributed by atoms with van der Waals surface area (Å²) in [5.41, 5.74) is 9.72. The van der Waals surface area contributed by atoms with Gasteiger partial charge in [-0.05, 0) is 42.7 Å². The predicted octanol–water partition coefficient (Wildman–Crippen LogP) is 3.00. The number of imidazole rings is 1. The number of ether oxygens (including phenoxy) is 1. The van der Waals surface area contributed by atoms with E-state index in [2.05, 4.69) is 23.8 Å². The van der Waals surface area contributed by atoms with Gasteiger partial charge in [0.2, 0.25) is 5.88 Å². The summed E-state index contributed by atoms with van der Waals surface area (Å²) in [6, 6.07) is 10.9. The van der Waals surface area contributed by atoms with Crippen LogP contribution in [0.15, 0.2) is 59.8 Å². The fourth-order valence-corrected chi connectivity index (χ4v) is 3.71. The molecular weight excluding hydrogens is 392 g/mol. The van der Waals surface area contributed by atoms with Crippen LogP contribution in [0.2, 0.25) is 0 Å². The van der Waals surface area contributed by atoms with Gasteiger partial charge in [-0.15, -0.1) is 0 Å². The maximum Gasteiger partial charge on any atom is 0.251 e. The van der Waals surface area contributed by atoms with Crippen molar-refractivity contribution in [1.29, 1.82) is 0 Å². The van der Waals surface area contributed by atoms with E-state index < -0.39 is 0 Å². The van der Waals surface area contributed by atoms with Gasteiger partial charge < -0.3 is 15.0 Å². The fourth-order valence-electron chi connectivity index (χ4n) is 3.71. The zero-order chi connectivity index (χ0) is 22.0. The molecule has 8 nitrogen and oxygen atoms in total. The summed E-state index contributed by atoms with van der Waals surface area (Å²) in [5, 5.41) is 4.73. The van der Waals surface area contributed by atoms with Crippen molar-refractivity contribution in [2.45, 2.75) is 32.9 Å². The van der Waals surface area contributed by atoms with Crippen molar-refractivity contribution in [2.75, 3.05) is 7.11 Å². The molecule has 0 aromatic carbocycles. The highest BCUT2D eigenvalue weighted by molar-refractivity contribution is 5.69. The maximum absolute atomic E-state index is 12.7. The second-order valence-electron chi connectivity index (χ2n) is 7.99. The van der Waals surface area contributed by atoms with Crippen molar-refractivity contribution < 1.29 is 4.74 Å². The third kappa shape index (κ3) is 4.34. The molecular formula is C23H26N6O2. The molecule has 4 aromatic heterocycles. The van der Waals surface area contributed by atoms with Crippen molar-refractivity contribution in [1.82, 2.24) is 24.1 Å². The van der Waals surface area contributed by atoms with Crippen LogP contribution >= 0.6 is 0 Å². The van der Waals surface area contributed by atoms with Crippen LogP contribution in [0.3, 0.4) is 0 Å². The Bertz CT molecular complexity index is 1260. The highest BCUT2D eigenvalue weighted by atomic mass is 16.5. The Balaban J connectivity index is 1.69. The van der Waals surface area contributed by atoms with Crippen LogP contribution in [-0.2, 0) is 6.54 Å². The van der Waals surface area contributed by atoms with E-state index in [0.29, 0.717) is 29.7 Å². The number of nitrogens with two attached hydrogens (primary N) is 1. The van der Waals surface area contributed by atoms with Gasteiger partial charge in [0.15, 0.2) is 5.65 Å². The van der Waals surface area contributed by atoms with E-state index >= 15 is 0 Å². The fraction of sp³-hybridized carbons (Fsp3) is 0.304. The van der Waals surface area contributed by atoms with E-state index in [-0.39, 0.29) is 11.6 Å². The summed E-state index contributed by atoms with van der Waals surface area (Å²) in [5.74, 6) is 0.987. The molecule has 8 heteroatoms. The summed E-state index contributed by atoms with van der Waals surface area (Å²) in [7, 11) is 1.58. The number of hydrogen-bond donors (Lipinski definition) is 1. The van der Waals surface area contributed by atoms with Crippen LogP contribution in [0, 0.1) is 5.92 Å². The zero-order valence-electron chi connectivity index (χ0n) is 17.9. The van der Waals surface area contributed by atoms with Crippen LogP contribution in [0.5, 0.6) is 5.88 Å². The molecule has 0 fully saturated rings. The van der Waals surface area contributed by atoms with Gasteiger partial charge in [-0.2, -0.15) is 5.10 Å². The predicted molar refractivity (Wildman–Crippen MR) is 120 cm³/mol. The first-order valence-electron chi connectivity index (χ1n) is 10.3. The maximum atomic E-state index is 12.7. The molecule has 4 heterocycles. The zero-order valence-corrected chi connectivity index (χ0v) is 17.9. The van der Waals surface area contributed by atoms with Gasteiger partial charge in [0.1, 0.15) is 0 Å². The normalized spacial score (nSPS) is 12.4. The molecule has 1 unspecified atom stereocenters. The van der Waals surface area contributed by atoms with E-state index in [4.69, 9.17) is 15.6 Å². The second kappa shape index (κ2) is 8.69. The molecule has 4 rings (SSSR count). The van der Waals surface area contributed by atoms with Gasteiger partial charge in [-0.3, -0.25) is 4.79 Å². The Morgan fingerprint density at radius 1 is 1.16 bits per heavy atom. The van der Waals surface area contributed by atoms with Crippen molar-refractivity contribution in [3.63, 3.8) is 0 Å². The average Bonchev–Trinajstić information content (AvgIpc) is 3.17. The van der Waals surface area contributed by atoms with Crippen molar-refractivity contribution in [2.24, 2.45) is 11.7 Å². The standard InChI is InChI=1S/C23H26N6O2/c1-15(2)11-17(24)14-28-10-8-16(12-22(28)30)19-6-7-21-26-13-20(29(21)27-19)18-5-4-9-25-23(18)31-3/h4-10,12-13,15,17H,11,14,24H2,1-3H3. The minimum absolute atomic E-state index is 0.0546. The Morgan fingerprint density at radius 2 is 2.00 bits per heavy atom. The molecule has 0 bridgehead atoms. The van der Waals surface area contributed by atoms with Gasteiger partial charge in [0.25, 0.3) is 5.56 Å². The molecule has 0 aliphatic rings. The van der Waals surface area contributed by atoms with Crippen LogP contribution in [0.25, 0.3) is 28.2 Å². The summed E-state index contributed by atoms with van der Waals surface area (Å²) in [6.07, 6.45) is 6.06. The number of rotatable bonds is 7. The Labute approximate surface area is 180 Å². The number of methoxy groups -OCH3 is 1. The molecule has 31 heavy (non-hydrogen) atoms. The lowest BCUT2D eigenvalue weighted by Crippen LogP contribution is -2.32. The van der Waals surface area contributed by atoms with Crippen molar-refractivity contribution in [3.8, 4) is 28.4 Å². The van der Waals surface area contributed by atoms with Gasteiger partial charge in [-0.25, -0.2) is 14.5 Å². The van der Waals surface area contributed by atoms with Crippen molar-refractivity contribution >= 4 is 5.65 Å². The number of hydrogen-bond acceptors (Lipinski definition) is 6. The van der Waals surface area contributed by atoms with E-state index in [0.717, 1.165) is 23.2 Å². The van der Waals surface area contributed by atoms with Crippen LogP contribution in [-0.4, -0.2) is 37.3 Å². The third-order valence-electron chi connectivity index (χ3n) is 5.10. The smallest absolute Gasteiger partial charge is 0.251 e. The highest BCUT2D eigenvalue weighted by Crippen LogP contribution is 2.28. The summed E-state index contributed by atoms with van der Waals surface area (Å²) in [6.45, 7) is 4.74. The van der Waals surface area contributed by atoms with Crippen LogP contribution in [0.4, 0.5) is 0 Å². The van der Waals surface area contributed by atoms with Gasteiger partial charge >= 0.3 is 0 Å². The lowest BCUT2D eigenvalue weighted by molar-refractivity contribution is 0.399. The number of nitrogens with zero attached hydrogens (tertiary/aromatic N) is 5. The molecule has 160 valence electrons. The van der Waals surface area contributed by atoms with E-state index in [1.54, 1.807) is 40.8 Å². The van der Waals surface area contributed by atoms with Crippen molar-refractivity contribution in [3.05, 3.63) is 65.3 Å². The molecule has 0 aliphatic carbocycles. The summed E-state index contributed by atoms with van der Waals surface area (Å²) >= 11 is 0. The molecule has 0 spiro atoms. The summed E-state index contributed by atoms with van der Waals surface area (Å²) in [4.78, 5) is 21.3. The second-order valence-corrected chi connectivity index (χ2v) is 7.99. The molecule has 1 atom stereocenters. The lowest BCUT2D eigenvalue weighted by Gasteiger charge is -2.15. The highest BCUT2D eigenvalue weighted by Gasteiger charge is 2.14. The third-order valence-corrected chi connectivity index (χ3v) is 5.10. The molecule has 2 N–H and O–H groups in total. The Hall–Kier alpha value is -3.52. The molecule has 0 amide bonds. The SMILES string of the molecule is COc1ncccc1-c1cnc2ccc(-c3ccn(CC(N)CC(C)C)c(=O)c3)nn12. The van der Waals surface area contributed by atoms with Crippen LogP contribution in [0.1, 0.15) is 20.3 Å². The summed E-state index contributed by atoms with van der Waals surface area (Å²) < 4.78 is 8.77. The quantitative estimate of drug-likeness (QED) is 0.495. The van der Waals surface area contributed by atoms with Gasteiger partial charge in [0.05, 0.1) is 30.3 Å². The molecule has 0 saturated carbocycles. The molecule has 0 saturated heterocycles. The minimum Gasteiger partial charge on any atom is -0.481 e. The minimum atomic E-state index is -0.0987. The monoisotopic (exact) mass is 418 g/mol. The first kappa shape index (κ1) is 20.7. The molecule has 0 aliphatic heterocycles.